The number of benzene rings is 2. The van der Waals surface area contributed by atoms with Crippen LogP contribution in [0.4, 0.5) is 17.2 Å². The Kier molecular flexibility index (Phi) is 5.35. The molecule has 0 unspecified atom stereocenters. The summed E-state index contributed by atoms with van der Waals surface area (Å²) in [4.78, 5) is 21.3. The lowest BCUT2D eigenvalue weighted by Crippen LogP contribution is -2.16. The van der Waals surface area contributed by atoms with Crippen LogP contribution in [0.1, 0.15) is 27.4 Å². The standard InChI is InChI=1S/C21H22N4O2/c1-13-8-7-10-16(14(13)2)25-21(26)18-12-20(23-15(3)22-18)24-17-9-5-6-11-19(17)27-4/h5-12H,1-4H3,(H,25,26)(H,22,23,24). The highest BCUT2D eigenvalue weighted by Gasteiger charge is 2.13. The fraction of sp³-hybridized carbons (Fsp3) is 0.190. The minimum Gasteiger partial charge on any atom is -0.495 e. The molecule has 0 saturated heterocycles. The van der Waals surface area contributed by atoms with Gasteiger partial charge in [0, 0.05) is 11.8 Å². The lowest BCUT2D eigenvalue weighted by atomic mass is 10.1. The average molecular weight is 362 g/mol. The third kappa shape index (κ3) is 4.23. The summed E-state index contributed by atoms with van der Waals surface area (Å²) in [6.45, 7) is 5.74. The van der Waals surface area contributed by atoms with Crippen molar-refractivity contribution in [3.8, 4) is 5.75 Å². The quantitative estimate of drug-likeness (QED) is 0.703. The SMILES string of the molecule is COc1ccccc1Nc1cc(C(=O)Nc2cccc(C)c2C)nc(C)n1. The number of methoxy groups -OCH3 is 1. The van der Waals surface area contributed by atoms with Gasteiger partial charge in [-0.3, -0.25) is 4.79 Å². The molecule has 1 aromatic heterocycles. The first-order valence-electron chi connectivity index (χ1n) is 8.61. The molecule has 1 amide bonds. The highest BCUT2D eigenvalue weighted by atomic mass is 16.5. The Balaban J connectivity index is 1.86. The summed E-state index contributed by atoms with van der Waals surface area (Å²) in [5, 5.41) is 6.11. The maximum Gasteiger partial charge on any atom is 0.274 e. The molecule has 6 heteroatoms. The van der Waals surface area contributed by atoms with E-state index in [1.54, 1.807) is 20.1 Å². The fourth-order valence-electron chi connectivity index (χ4n) is 2.71. The monoisotopic (exact) mass is 362 g/mol. The third-order valence-corrected chi connectivity index (χ3v) is 4.29. The number of rotatable bonds is 5. The highest BCUT2D eigenvalue weighted by molar-refractivity contribution is 6.03. The maximum atomic E-state index is 12.7. The van der Waals surface area contributed by atoms with Crippen LogP contribution in [0.15, 0.2) is 48.5 Å². The molecule has 3 aromatic rings. The van der Waals surface area contributed by atoms with Crippen LogP contribution in [0, 0.1) is 20.8 Å². The second-order valence-electron chi connectivity index (χ2n) is 6.21. The van der Waals surface area contributed by atoms with Crippen molar-refractivity contribution in [2.45, 2.75) is 20.8 Å². The number of anilines is 3. The molecule has 2 aromatic carbocycles. The van der Waals surface area contributed by atoms with Crippen molar-refractivity contribution < 1.29 is 9.53 Å². The Morgan fingerprint density at radius 2 is 1.70 bits per heavy atom. The van der Waals surface area contributed by atoms with E-state index in [9.17, 15) is 4.79 Å². The molecule has 2 N–H and O–H groups in total. The van der Waals surface area contributed by atoms with E-state index in [-0.39, 0.29) is 5.91 Å². The van der Waals surface area contributed by atoms with Gasteiger partial charge in [0.15, 0.2) is 0 Å². The highest BCUT2D eigenvalue weighted by Crippen LogP contribution is 2.26. The molecular formula is C21H22N4O2. The van der Waals surface area contributed by atoms with E-state index < -0.39 is 0 Å². The molecule has 1 heterocycles. The molecule has 0 fully saturated rings. The number of carbonyl (C=O) groups excluding carboxylic acids is 1. The Labute approximate surface area is 158 Å². The van der Waals surface area contributed by atoms with E-state index in [4.69, 9.17) is 4.74 Å². The molecular weight excluding hydrogens is 340 g/mol. The van der Waals surface area contributed by atoms with Gasteiger partial charge in [-0.05, 0) is 50.1 Å². The number of aryl methyl sites for hydroxylation is 2. The summed E-state index contributed by atoms with van der Waals surface area (Å²) in [5.41, 5.74) is 3.98. The summed E-state index contributed by atoms with van der Waals surface area (Å²) in [6.07, 6.45) is 0. The summed E-state index contributed by atoms with van der Waals surface area (Å²) < 4.78 is 5.34. The lowest BCUT2D eigenvalue weighted by molar-refractivity contribution is 0.102. The van der Waals surface area contributed by atoms with Crippen molar-refractivity contribution >= 4 is 23.1 Å². The van der Waals surface area contributed by atoms with Crippen LogP contribution < -0.4 is 15.4 Å². The van der Waals surface area contributed by atoms with Crippen LogP contribution >= 0.6 is 0 Å². The van der Waals surface area contributed by atoms with Crippen LogP contribution in [0.25, 0.3) is 0 Å². The van der Waals surface area contributed by atoms with E-state index in [1.165, 1.54) is 0 Å². The third-order valence-electron chi connectivity index (χ3n) is 4.29. The van der Waals surface area contributed by atoms with Crippen molar-refractivity contribution in [3.05, 3.63) is 71.2 Å². The number of nitrogens with zero attached hydrogens (tertiary/aromatic N) is 2. The zero-order chi connectivity index (χ0) is 19.4. The topological polar surface area (TPSA) is 76.1 Å². The Hall–Kier alpha value is -3.41. The van der Waals surface area contributed by atoms with Crippen LogP contribution in [-0.2, 0) is 0 Å². The molecule has 0 bridgehead atoms. The smallest absolute Gasteiger partial charge is 0.274 e. The first-order valence-corrected chi connectivity index (χ1v) is 8.61. The van der Waals surface area contributed by atoms with Gasteiger partial charge in [0.1, 0.15) is 23.1 Å². The molecule has 0 spiro atoms. The van der Waals surface area contributed by atoms with Gasteiger partial charge in [0.05, 0.1) is 12.8 Å². The minimum absolute atomic E-state index is 0.280. The molecule has 0 aliphatic rings. The summed E-state index contributed by atoms with van der Waals surface area (Å²) in [7, 11) is 1.61. The molecule has 0 aliphatic heterocycles. The van der Waals surface area contributed by atoms with E-state index in [1.807, 2.05) is 56.3 Å². The Morgan fingerprint density at radius 1 is 0.963 bits per heavy atom. The zero-order valence-electron chi connectivity index (χ0n) is 15.8. The zero-order valence-corrected chi connectivity index (χ0v) is 15.8. The largest absolute Gasteiger partial charge is 0.495 e. The van der Waals surface area contributed by atoms with E-state index in [2.05, 4.69) is 20.6 Å². The normalized spacial score (nSPS) is 10.4. The van der Waals surface area contributed by atoms with Crippen LogP contribution in [-0.4, -0.2) is 23.0 Å². The van der Waals surface area contributed by atoms with E-state index >= 15 is 0 Å². The number of nitrogens with one attached hydrogen (secondary N) is 2. The summed E-state index contributed by atoms with van der Waals surface area (Å²) >= 11 is 0. The van der Waals surface area contributed by atoms with Crippen LogP contribution in [0.3, 0.4) is 0 Å². The predicted octanol–water partition coefficient (Wildman–Crippen LogP) is 4.41. The number of amides is 1. The Bertz CT molecular complexity index is 986. The fourth-order valence-corrected chi connectivity index (χ4v) is 2.71. The molecule has 0 saturated carbocycles. The van der Waals surface area contributed by atoms with Gasteiger partial charge in [-0.1, -0.05) is 24.3 Å². The molecule has 0 aliphatic carbocycles. The van der Waals surface area contributed by atoms with Gasteiger partial charge in [-0.15, -0.1) is 0 Å². The molecule has 3 rings (SSSR count). The van der Waals surface area contributed by atoms with Gasteiger partial charge in [0.2, 0.25) is 0 Å². The number of ether oxygens (including phenoxy) is 1. The van der Waals surface area contributed by atoms with Crippen molar-refractivity contribution in [1.29, 1.82) is 0 Å². The molecule has 27 heavy (non-hydrogen) atoms. The summed E-state index contributed by atoms with van der Waals surface area (Å²) in [5.74, 6) is 1.44. The van der Waals surface area contributed by atoms with Crippen molar-refractivity contribution in [2.24, 2.45) is 0 Å². The van der Waals surface area contributed by atoms with Crippen LogP contribution in [0.5, 0.6) is 5.75 Å². The van der Waals surface area contributed by atoms with Gasteiger partial charge in [0.25, 0.3) is 5.91 Å². The van der Waals surface area contributed by atoms with Crippen molar-refractivity contribution in [1.82, 2.24) is 9.97 Å². The van der Waals surface area contributed by atoms with Gasteiger partial charge in [-0.25, -0.2) is 9.97 Å². The van der Waals surface area contributed by atoms with Gasteiger partial charge >= 0.3 is 0 Å². The lowest BCUT2D eigenvalue weighted by Gasteiger charge is -2.13. The first kappa shape index (κ1) is 18.4. The number of aromatic nitrogens is 2. The number of carbonyl (C=O) groups is 1. The van der Waals surface area contributed by atoms with E-state index in [0.29, 0.717) is 23.1 Å². The summed E-state index contributed by atoms with van der Waals surface area (Å²) in [6, 6.07) is 14.9. The molecule has 138 valence electrons. The first-order chi connectivity index (χ1) is 13.0. The number of hydrogen-bond acceptors (Lipinski definition) is 5. The number of para-hydroxylation sites is 2. The van der Waals surface area contributed by atoms with Crippen molar-refractivity contribution in [2.75, 3.05) is 17.7 Å². The van der Waals surface area contributed by atoms with Crippen LogP contribution in [0.2, 0.25) is 0 Å². The second kappa shape index (κ2) is 7.86. The minimum atomic E-state index is -0.280. The number of hydrogen-bond donors (Lipinski definition) is 2. The van der Waals surface area contributed by atoms with Gasteiger partial charge < -0.3 is 15.4 Å². The maximum absolute atomic E-state index is 12.7. The second-order valence-corrected chi connectivity index (χ2v) is 6.21. The average Bonchev–Trinajstić information content (AvgIpc) is 2.65. The molecule has 0 radical (unpaired) electrons. The van der Waals surface area contributed by atoms with E-state index in [0.717, 1.165) is 22.5 Å². The van der Waals surface area contributed by atoms with Crippen molar-refractivity contribution in [3.63, 3.8) is 0 Å². The predicted molar refractivity (Wildman–Crippen MR) is 107 cm³/mol. The van der Waals surface area contributed by atoms with Gasteiger partial charge in [-0.2, -0.15) is 0 Å². The Morgan fingerprint density at radius 3 is 2.48 bits per heavy atom. The molecule has 6 nitrogen and oxygen atoms in total. The molecule has 0 atom stereocenters.